The predicted molar refractivity (Wildman–Crippen MR) is 77.1 cm³/mol. The molecule has 1 unspecified atom stereocenters. The number of benzene rings is 1. The number of amides is 2. The van der Waals surface area contributed by atoms with Gasteiger partial charge in [-0.1, -0.05) is 11.6 Å². The highest BCUT2D eigenvalue weighted by molar-refractivity contribution is 7.89. The van der Waals surface area contributed by atoms with Crippen molar-refractivity contribution in [2.75, 3.05) is 5.73 Å². The Morgan fingerprint density at radius 2 is 2.05 bits per heavy atom. The quantitative estimate of drug-likeness (QED) is 0.544. The van der Waals surface area contributed by atoms with Crippen molar-refractivity contribution >= 4 is 39.1 Å². The van der Waals surface area contributed by atoms with Crippen LogP contribution in [0.15, 0.2) is 17.0 Å². The summed E-state index contributed by atoms with van der Waals surface area (Å²) in [6.07, 6.45) is 0.201. The Labute approximate surface area is 126 Å². The first-order valence-corrected chi connectivity index (χ1v) is 7.98. The summed E-state index contributed by atoms with van der Waals surface area (Å²) < 4.78 is 27.0. The minimum atomic E-state index is -3.94. The van der Waals surface area contributed by atoms with Crippen LogP contribution in [0.3, 0.4) is 0 Å². The van der Waals surface area contributed by atoms with Crippen LogP contribution in [0.2, 0.25) is 5.02 Å². The zero-order valence-electron chi connectivity index (χ0n) is 11.1. The lowest BCUT2D eigenvalue weighted by Gasteiger charge is -2.22. The molecule has 4 N–H and O–H groups in total. The molecule has 2 amide bonds. The topological polar surface area (TPSA) is 118 Å². The number of hydrogen-bond acceptors (Lipinski definition) is 5. The van der Waals surface area contributed by atoms with Crippen molar-refractivity contribution in [2.45, 2.75) is 30.7 Å². The number of piperidine rings is 1. The van der Waals surface area contributed by atoms with Crippen LogP contribution in [0, 0.1) is 6.92 Å². The van der Waals surface area contributed by atoms with Crippen molar-refractivity contribution < 1.29 is 18.0 Å². The first-order valence-electron chi connectivity index (χ1n) is 6.12. The number of rotatable bonds is 3. The van der Waals surface area contributed by atoms with Crippen LogP contribution in [0.4, 0.5) is 5.69 Å². The van der Waals surface area contributed by atoms with Crippen LogP contribution >= 0.6 is 11.6 Å². The van der Waals surface area contributed by atoms with Crippen LogP contribution in [-0.4, -0.2) is 26.3 Å². The predicted octanol–water partition coefficient (Wildman–Crippen LogP) is 0.314. The van der Waals surface area contributed by atoms with Gasteiger partial charge in [-0.25, -0.2) is 8.42 Å². The molecule has 1 atom stereocenters. The van der Waals surface area contributed by atoms with E-state index in [1.807, 2.05) is 0 Å². The highest BCUT2D eigenvalue weighted by atomic mass is 35.5. The van der Waals surface area contributed by atoms with E-state index in [4.69, 9.17) is 17.3 Å². The van der Waals surface area contributed by atoms with Crippen molar-refractivity contribution in [1.82, 2.24) is 10.0 Å². The highest BCUT2D eigenvalue weighted by Gasteiger charge is 2.31. The Balaban J connectivity index is 2.29. The number of nitrogen functional groups attached to an aromatic ring is 1. The maximum Gasteiger partial charge on any atom is 0.244 e. The molecule has 1 heterocycles. The summed E-state index contributed by atoms with van der Waals surface area (Å²) >= 11 is 5.83. The molecule has 1 fully saturated rings. The summed E-state index contributed by atoms with van der Waals surface area (Å²) in [5.74, 6) is -1.07. The summed E-state index contributed by atoms with van der Waals surface area (Å²) in [7, 11) is -3.94. The number of nitrogens with two attached hydrogens (primary N) is 1. The Hall–Kier alpha value is -1.64. The Kier molecular flexibility index (Phi) is 4.22. The van der Waals surface area contributed by atoms with Crippen LogP contribution in [-0.2, 0) is 19.6 Å². The maximum absolute atomic E-state index is 12.3. The number of anilines is 1. The zero-order chi connectivity index (χ0) is 15.8. The van der Waals surface area contributed by atoms with Gasteiger partial charge in [0.05, 0.1) is 15.6 Å². The summed E-state index contributed by atoms with van der Waals surface area (Å²) in [4.78, 5) is 22.6. The number of carbonyl (C=O) groups is 2. The second kappa shape index (κ2) is 5.63. The summed E-state index contributed by atoms with van der Waals surface area (Å²) in [6.45, 7) is 1.57. The molecule has 7 nitrogen and oxygen atoms in total. The van der Waals surface area contributed by atoms with Crippen LogP contribution in [0.1, 0.15) is 18.4 Å². The van der Waals surface area contributed by atoms with E-state index in [2.05, 4.69) is 10.0 Å². The van der Waals surface area contributed by atoms with Crippen LogP contribution < -0.4 is 15.8 Å². The van der Waals surface area contributed by atoms with Crippen molar-refractivity contribution in [2.24, 2.45) is 0 Å². The summed E-state index contributed by atoms with van der Waals surface area (Å²) in [5, 5.41) is 2.34. The molecular weight excluding hydrogens is 318 g/mol. The fourth-order valence-electron chi connectivity index (χ4n) is 2.01. The molecule has 1 saturated heterocycles. The van der Waals surface area contributed by atoms with Gasteiger partial charge in [0.1, 0.15) is 6.04 Å². The number of nitrogens with one attached hydrogen (secondary N) is 2. The molecule has 0 spiro atoms. The smallest absolute Gasteiger partial charge is 0.244 e. The second-order valence-corrected chi connectivity index (χ2v) is 6.85. The van der Waals surface area contributed by atoms with E-state index in [1.54, 1.807) is 6.92 Å². The number of imide groups is 1. The Bertz CT molecular complexity index is 717. The van der Waals surface area contributed by atoms with E-state index in [1.165, 1.54) is 12.1 Å². The lowest BCUT2D eigenvalue weighted by atomic mass is 10.1. The normalized spacial score (nSPS) is 19.4. The molecule has 0 bridgehead atoms. The van der Waals surface area contributed by atoms with Gasteiger partial charge in [-0.2, -0.15) is 4.72 Å². The maximum atomic E-state index is 12.3. The number of hydrogen-bond donors (Lipinski definition) is 3. The number of aryl methyl sites for hydroxylation is 1. The molecule has 1 aliphatic rings. The van der Waals surface area contributed by atoms with E-state index >= 15 is 0 Å². The molecule has 1 aromatic rings. The average molecular weight is 332 g/mol. The number of halogens is 1. The van der Waals surface area contributed by atoms with Crippen LogP contribution in [0.25, 0.3) is 0 Å². The zero-order valence-corrected chi connectivity index (χ0v) is 12.7. The van der Waals surface area contributed by atoms with Gasteiger partial charge in [0, 0.05) is 6.42 Å². The van der Waals surface area contributed by atoms with Gasteiger partial charge in [0.15, 0.2) is 0 Å². The van der Waals surface area contributed by atoms with Gasteiger partial charge in [-0.05, 0) is 31.0 Å². The number of sulfonamides is 1. The molecular formula is C12H14ClN3O4S. The summed E-state index contributed by atoms with van der Waals surface area (Å²) in [6, 6.07) is 1.70. The van der Waals surface area contributed by atoms with Gasteiger partial charge < -0.3 is 5.73 Å². The SMILES string of the molecule is Cc1cc(Cl)c(N)cc1S(=O)(=O)NC1CCC(=O)NC1=O. The molecule has 2 rings (SSSR count). The third-order valence-electron chi connectivity index (χ3n) is 3.12. The monoisotopic (exact) mass is 331 g/mol. The average Bonchev–Trinajstić information content (AvgIpc) is 2.37. The number of carbonyl (C=O) groups excluding carboxylic acids is 2. The second-order valence-electron chi connectivity index (χ2n) is 4.76. The lowest BCUT2D eigenvalue weighted by molar-refractivity contribution is -0.134. The molecule has 1 aliphatic heterocycles. The van der Waals surface area contributed by atoms with Gasteiger partial charge in [-0.15, -0.1) is 0 Å². The van der Waals surface area contributed by atoms with E-state index in [0.717, 1.165) is 0 Å². The molecule has 0 aliphatic carbocycles. The van der Waals surface area contributed by atoms with E-state index in [0.29, 0.717) is 5.56 Å². The van der Waals surface area contributed by atoms with E-state index < -0.39 is 27.9 Å². The third kappa shape index (κ3) is 3.34. The lowest BCUT2D eigenvalue weighted by Crippen LogP contribution is -2.52. The molecule has 114 valence electrons. The molecule has 9 heteroatoms. The minimum absolute atomic E-state index is 0.0471. The third-order valence-corrected chi connectivity index (χ3v) is 5.06. The molecule has 1 aromatic carbocycles. The molecule has 0 radical (unpaired) electrons. The Morgan fingerprint density at radius 3 is 2.67 bits per heavy atom. The van der Waals surface area contributed by atoms with Crippen molar-refractivity contribution in [3.63, 3.8) is 0 Å². The first kappa shape index (κ1) is 15.7. The van der Waals surface area contributed by atoms with Gasteiger partial charge in [-0.3, -0.25) is 14.9 Å². The van der Waals surface area contributed by atoms with E-state index in [-0.39, 0.29) is 28.4 Å². The van der Waals surface area contributed by atoms with Crippen molar-refractivity contribution in [1.29, 1.82) is 0 Å². The standard InChI is InChI=1S/C12H14ClN3O4S/c1-6-4-7(13)8(14)5-10(6)21(19,20)16-9-2-3-11(17)15-12(9)18/h4-5,9,16H,2-3,14H2,1H3,(H,15,17,18). The minimum Gasteiger partial charge on any atom is -0.397 e. The highest BCUT2D eigenvalue weighted by Crippen LogP contribution is 2.26. The van der Waals surface area contributed by atoms with Crippen LogP contribution in [0.5, 0.6) is 0 Å². The molecule has 0 aromatic heterocycles. The molecule has 21 heavy (non-hydrogen) atoms. The summed E-state index contributed by atoms with van der Waals surface area (Å²) in [5.41, 5.74) is 6.16. The van der Waals surface area contributed by atoms with Gasteiger partial charge in [0.2, 0.25) is 21.8 Å². The van der Waals surface area contributed by atoms with Gasteiger partial charge >= 0.3 is 0 Å². The first-order chi connectivity index (χ1) is 9.70. The largest absolute Gasteiger partial charge is 0.397 e. The molecule has 0 saturated carbocycles. The fourth-order valence-corrected chi connectivity index (χ4v) is 3.72. The Morgan fingerprint density at radius 1 is 1.38 bits per heavy atom. The van der Waals surface area contributed by atoms with Gasteiger partial charge in [0.25, 0.3) is 0 Å². The van der Waals surface area contributed by atoms with Crippen molar-refractivity contribution in [3.8, 4) is 0 Å². The fraction of sp³-hybridized carbons (Fsp3) is 0.333. The van der Waals surface area contributed by atoms with Crippen molar-refractivity contribution in [3.05, 3.63) is 22.7 Å². The van der Waals surface area contributed by atoms with E-state index in [9.17, 15) is 18.0 Å².